The van der Waals surface area contributed by atoms with Crippen LogP contribution in [0, 0.1) is 11.8 Å². The molecule has 0 bridgehead atoms. The van der Waals surface area contributed by atoms with Crippen molar-refractivity contribution >= 4 is 29.1 Å². The predicted octanol–water partition coefficient (Wildman–Crippen LogP) is 6.14. The molecule has 4 aromatic carbocycles. The lowest BCUT2D eigenvalue weighted by Crippen LogP contribution is -2.48. The first kappa shape index (κ1) is 35.1. The van der Waals surface area contributed by atoms with Gasteiger partial charge in [0.05, 0.1) is 44.5 Å². The maximum absolute atomic E-state index is 15.3. The zero-order valence-electron chi connectivity index (χ0n) is 30.8. The van der Waals surface area contributed by atoms with E-state index in [2.05, 4.69) is 39.0 Å². The topological polar surface area (TPSA) is 99.6 Å². The van der Waals surface area contributed by atoms with E-state index in [4.69, 9.17) is 9.47 Å². The number of aliphatic hydroxyl groups is 1. The van der Waals surface area contributed by atoms with E-state index in [1.165, 1.54) is 0 Å². The first-order valence-corrected chi connectivity index (χ1v) is 18.7. The zero-order chi connectivity index (χ0) is 37.1. The molecule has 4 aromatic rings. The van der Waals surface area contributed by atoms with Gasteiger partial charge in [0.15, 0.2) is 5.60 Å². The van der Waals surface area contributed by atoms with Crippen LogP contribution in [0.2, 0.25) is 0 Å². The number of carbonyl (C=O) groups is 3. The third-order valence-corrected chi connectivity index (χ3v) is 12.4. The van der Waals surface area contributed by atoms with Crippen LogP contribution in [-0.4, -0.2) is 60.1 Å². The molecule has 4 heterocycles. The molecule has 9 heteroatoms. The highest BCUT2D eigenvalue weighted by Gasteiger charge is 2.66. The Kier molecular flexibility index (Phi) is 8.90. The van der Waals surface area contributed by atoms with Gasteiger partial charge in [-0.3, -0.25) is 14.4 Å². The molecule has 274 valence electrons. The van der Waals surface area contributed by atoms with Crippen molar-refractivity contribution in [3.8, 4) is 5.75 Å². The molecule has 0 unspecified atom stereocenters. The number of methoxy groups -OCH3 is 1. The summed E-state index contributed by atoms with van der Waals surface area (Å²) in [4.78, 5) is 47.9. The molecule has 5 atom stereocenters. The molecule has 2 saturated heterocycles. The fourth-order valence-electron chi connectivity index (χ4n) is 9.51. The summed E-state index contributed by atoms with van der Waals surface area (Å²) in [6.45, 7) is 7.65. The largest absolute Gasteiger partial charge is 0.497 e. The highest BCUT2D eigenvalue weighted by molar-refractivity contribution is 6.09. The summed E-state index contributed by atoms with van der Waals surface area (Å²) in [7, 11) is 1.64. The van der Waals surface area contributed by atoms with Gasteiger partial charge in [0, 0.05) is 42.6 Å². The van der Waals surface area contributed by atoms with Crippen LogP contribution in [0.4, 0.5) is 11.4 Å². The monoisotopic (exact) mass is 713 g/mol. The summed E-state index contributed by atoms with van der Waals surface area (Å²) in [5.74, 6) is -0.145. The molecule has 1 spiro atoms. The molecule has 4 aliphatic heterocycles. The highest BCUT2D eigenvalue weighted by atomic mass is 16.5. The van der Waals surface area contributed by atoms with Crippen LogP contribution >= 0.6 is 0 Å². The Morgan fingerprint density at radius 2 is 1.68 bits per heavy atom. The minimum atomic E-state index is -1.40. The zero-order valence-corrected chi connectivity index (χ0v) is 30.8. The minimum absolute atomic E-state index is 0.0423. The number of anilines is 2. The van der Waals surface area contributed by atoms with Crippen molar-refractivity contribution in [2.45, 2.75) is 76.3 Å². The maximum Gasteiger partial charge on any atom is 0.264 e. The van der Waals surface area contributed by atoms with Gasteiger partial charge in [-0.25, -0.2) is 0 Å². The number of hydrogen-bond donors (Lipinski definition) is 1. The molecule has 0 aliphatic carbocycles. The molecule has 3 amide bonds. The van der Waals surface area contributed by atoms with E-state index in [0.717, 1.165) is 44.9 Å². The molecule has 0 saturated carbocycles. The third-order valence-electron chi connectivity index (χ3n) is 12.4. The summed E-state index contributed by atoms with van der Waals surface area (Å²) in [6, 6.07) is 31.4. The van der Waals surface area contributed by atoms with Gasteiger partial charge in [0.2, 0.25) is 11.8 Å². The lowest BCUT2D eigenvalue weighted by atomic mass is 9.63. The molecule has 1 N–H and O–H groups in total. The van der Waals surface area contributed by atoms with Crippen molar-refractivity contribution in [1.29, 1.82) is 0 Å². The number of β-lactam (4-membered cyclic amide) rings is 1. The minimum Gasteiger partial charge on any atom is -0.497 e. The summed E-state index contributed by atoms with van der Waals surface area (Å²) < 4.78 is 12.8. The van der Waals surface area contributed by atoms with E-state index in [-0.39, 0.29) is 48.6 Å². The number of hydrogen-bond acceptors (Lipinski definition) is 6. The van der Waals surface area contributed by atoms with Gasteiger partial charge in [0.25, 0.3) is 5.91 Å². The number of amides is 3. The number of rotatable bonds is 9. The summed E-state index contributed by atoms with van der Waals surface area (Å²) >= 11 is 0. The van der Waals surface area contributed by atoms with Crippen LogP contribution in [0.1, 0.15) is 61.4 Å². The van der Waals surface area contributed by atoms with Gasteiger partial charge in [-0.2, -0.15) is 0 Å². The van der Waals surface area contributed by atoms with Gasteiger partial charge in [-0.15, -0.1) is 0 Å². The Labute approximate surface area is 311 Å². The molecule has 4 aliphatic rings. The van der Waals surface area contributed by atoms with Crippen molar-refractivity contribution in [3.05, 3.63) is 125 Å². The predicted molar refractivity (Wildman–Crippen MR) is 202 cm³/mol. The van der Waals surface area contributed by atoms with Crippen LogP contribution < -0.4 is 14.5 Å². The standard InChI is InChI=1S/C44H47N3O6/c1-28-41(43(2,3)32-14-17-35(52-4)18-15-32)38(24-40(50)46-26-31-13-9-8-12-30(31)22-34(46)27-48)53-44(28)36-23-33(45-21-20-39(45)49)16-19-37(36)47(42(44)51)25-29-10-6-5-7-11-29/h5-19,23,28,34,38,41,48H,20-22,24-27H2,1-4H3/t28-,34-,38+,41-,44+/m0/s1. The van der Waals surface area contributed by atoms with E-state index >= 15 is 4.79 Å². The van der Waals surface area contributed by atoms with Crippen molar-refractivity contribution < 1.29 is 29.0 Å². The molecule has 0 aromatic heterocycles. The fourth-order valence-corrected chi connectivity index (χ4v) is 9.51. The van der Waals surface area contributed by atoms with Gasteiger partial charge in [-0.1, -0.05) is 87.5 Å². The third kappa shape index (κ3) is 5.72. The second-order valence-corrected chi connectivity index (χ2v) is 15.6. The Morgan fingerprint density at radius 1 is 0.962 bits per heavy atom. The Bertz CT molecular complexity index is 2050. The first-order chi connectivity index (χ1) is 25.6. The highest BCUT2D eigenvalue weighted by Crippen LogP contribution is 2.60. The SMILES string of the molecule is COc1ccc(C(C)(C)[C@@H]2[C@@H](CC(=O)N3Cc4ccccc4C[C@H]3CO)O[C@]3(C(=O)N(Cc4ccccc4)c4ccc(N5CCC5=O)cc43)[C@H]2C)cc1. The van der Waals surface area contributed by atoms with E-state index in [1.54, 1.807) is 16.9 Å². The van der Waals surface area contributed by atoms with Gasteiger partial charge >= 0.3 is 0 Å². The van der Waals surface area contributed by atoms with Crippen molar-refractivity contribution in [1.82, 2.24) is 4.90 Å². The second kappa shape index (κ2) is 13.5. The maximum atomic E-state index is 15.3. The summed E-state index contributed by atoms with van der Waals surface area (Å²) in [5, 5.41) is 10.5. The number of ether oxygens (including phenoxy) is 2. The molecular formula is C44H47N3O6. The first-order valence-electron chi connectivity index (χ1n) is 18.7. The average Bonchev–Trinajstić information content (AvgIpc) is 3.59. The summed E-state index contributed by atoms with van der Waals surface area (Å²) in [5.41, 5.74) is 4.51. The van der Waals surface area contributed by atoms with E-state index < -0.39 is 17.1 Å². The van der Waals surface area contributed by atoms with Crippen LogP contribution in [0.3, 0.4) is 0 Å². The molecule has 9 nitrogen and oxygen atoms in total. The molecular weight excluding hydrogens is 666 g/mol. The van der Waals surface area contributed by atoms with Crippen LogP contribution in [0.5, 0.6) is 5.75 Å². The number of fused-ring (bicyclic) bond motifs is 3. The van der Waals surface area contributed by atoms with Crippen LogP contribution in [-0.2, 0) is 49.6 Å². The Morgan fingerprint density at radius 3 is 2.34 bits per heavy atom. The lowest BCUT2D eigenvalue weighted by molar-refractivity contribution is -0.151. The lowest BCUT2D eigenvalue weighted by Gasteiger charge is -2.40. The molecule has 2 fully saturated rings. The van der Waals surface area contributed by atoms with E-state index in [1.807, 2.05) is 83.8 Å². The van der Waals surface area contributed by atoms with E-state index in [0.29, 0.717) is 32.5 Å². The molecule has 53 heavy (non-hydrogen) atoms. The van der Waals surface area contributed by atoms with Crippen molar-refractivity contribution in [3.63, 3.8) is 0 Å². The van der Waals surface area contributed by atoms with E-state index in [9.17, 15) is 14.7 Å². The van der Waals surface area contributed by atoms with Gasteiger partial charge < -0.3 is 29.3 Å². The van der Waals surface area contributed by atoms with Gasteiger partial charge in [0.1, 0.15) is 5.75 Å². The molecule has 8 rings (SSSR count). The second-order valence-electron chi connectivity index (χ2n) is 15.6. The van der Waals surface area contributed by atoms with Crippen molar-refractivity contribution in [2.75, 3.05) is 30.1 Å². The van der Waals surface area contributed by atoms with Crippen molar-refractivity contribution in [2.24, 2.45) is 11.8 Å². The number of benzene rings is 4. The van der Waals surface area contributed by atoms with Crippen LogP contribution in [0.15, 0.2) is 97.1 Å². The Balaban J connectivity index is 1.23. The number of aliphatic hydroxyl groups excluding tert-OH is 1. The number of nitrogens with zero attached hydrogens (tertiary/aromatic N) is 3. The fraction of sp³-hybridized carbons (Fsp3) is 0.386. The number of carbonyl (C=O) groups excluding carboxylic acids is 3. The Hall–Kier alpha value is -4.99. The summed E-state index contributed by atoms with van der Waals surface area (Å²) in [6.07, 6.45) is 0.463. The van der Waals surface area contributed by atoms with Crippen LogP contribution in [0.25, 0.3) is 0 Å². The smallest absolute Gasteiger partial charge is 0.264 e. The molecule has 0 radical (unpaired) electrons. The quantitative estimate of drug-likeness (QED) is 0.210. The van der Waals surface area contributed by atoms with Gasteiger partial charge in [-0.05, 0) is 64.4 Å². The average molecular weight is 714 g/mol. The normalized spacial score (nSPS) is 25.0.